The van der Waals surface area contributed by atoms with Crippen LogP contribution < -0.4 is 14.2 Å². The normalized spacial score (nSPS) is 13.3. The maximum Gasteiger partial charge on any atom is 0.297 e. The first-order chi connectivity index (χ1) is 8.93. The lowest BCUT2D eigenvalue weighted by molar-refractivity contribution is -0.383. The molecule has 8 nitrogen and oxygen atoms in total. The van der Waals surface area contributed by atoms with Crippen molar-refractivity contribution in [3.8, 4) is 11.5 Å². The molecule has 0 radical (unpaired) electrons. The molecule has 1 N–H and O–H groups in total. The van der Waals surface area contributed by atoms with Gasteiger partial charge in [0.25, 0.3) is 5.69 Å². The van der Waals surface area contributed by atoms with Gasteiger partial charge in [0.05, 0.1) is 16.7 Å². The SMILES string of the molecule is CCCS(=O)(=O)Nc1cc2c(cc1[N+](=O)[O-])OCO2. The Morgan fingerprint density at radius 2 is 2.00 bits per heavy atom. The first-order valence-electron chi connectivity index (χ1n) is 5.51. The van der Waals surface area contributed by atoms with Crippen molar-refractivity contribution in [1.82, 2.24) is 0 Å². The third kappa shape index (κ3) is 2.87. The van der Waals surface area contributed by atoms with Gasteiger partial charge in [-0.15, -0.1) is 0 Å². The molecule has 1 aromatic carbocycles. The van der Waals surface area contributed by atoms with Crippen LogP contribution in [0.1, 0.15) is 13.3 Å². The fourth-order valence-corrected chi connectivity index (χ4v) is 2.79. The molecule has 0 spiro atoms. The van der Waals surface area contributed by atoms with E-state index in [1.54, 1.807) is 6.92 Å². The van der Waals surface area contributed by atoms with Gasteiger partial charge in [0.1, 0.15) is 5.69 Å². The number of nitro groups is 1. The molecule has 1 aliphatic rings. The molecule has 0 unspecified atom stereocenters. The summed E-state index contributed by atoms with van der Waals surface area (Å²) in [6.07, 6.45) is 0.410. The summed E-state index contributed by atoms with van der Waals surface area (Å²) in [6.45, 7) is 1.66. The fraction of sp³-hybridized carbons (Fsp3) is 0.400. The van der Waals surface area contributed by atoms with Crippen molar-refractivity contribution in [2.45, 2.75) is 13.3 Å². The summed E-state index contributed by atoms with van der Waals surface area (Å²) in [5.74, 6) is 0.392. The van der Waals surface area contributed by atoms with Gasteiger partial charge in [0.15, 0.2) is 11.5 Å². The van der Waals surface area contributed by atoms with Gasteiger partial charge in [-0.25, -0.2) is 8.42 Å². The molecule has 104 valence electrons. The number of anilines is 1. The zero-order valence-corrected chi connectivity index (χ0v) is 10.9. The summed E-state index contributed by atoms with van der Waals surface area (Å²) >= 11 is 0. The van der Waals surface area contributed by atoms with Crippen LogP contribution in [0.25, 0.3) is 0 Å². The number of hydrogen-bond acceptors (Lipinski definition) is 6. The topological polar surface area (TPSA) is 108 Å². The first-order valence-corrected chi connectivity index (χ1v) is 7.16. The highest BCUT2D eigenvalue weighted by atomic mass is 32.2. The van der Waals surface area contributed by atoms with Crippen LogP contribution in [0.15, 0.2) is 12.1 Å². The molecule has 0 fully saturated rings. The van der Waals surface area contributed by atoms with Crippen molar-refractivity contribution < 1.29 is 22.8 Å². The number of rotatable bonds is 5. The van der Waals surface area contributed by atoms with E-state index in [2.05, 4.69) is 4.72 Å². The Morgan fingerprint density at radius 3 is 2.58 bits per heavy atom. The van der Waals surface area contributed by atoms with E-state index in [1.165, 1.54) is 6.07 Å². The summed E-state index contributed by atoms with van der Waals surface area (Å²) in [5.41, 5.74) is -0.494. The van der Waals surface area contributed by atoms with Gasteiger partial charge in [-0.2, -0.15) is 0 Å². The second-order valence-electron chi connectivity index (χ2n) is 3.90. The summed E-state index contributed by atoms with van der Waals surface area (Å²) in [7, 11) is -3.61. The fourth-order valence-electron chi connectivity index (χ4n) is 1.65. The third-order valence-electron chi connectivity index (χ3n) is 2.43. The molecule has 1 heterocycles. The Bertz CT molecular complexity index is 613. The quantitative estimate of drug-likeness (QED) is 0.649. The minimum Gasteiger partial charge on any atom is -0.454 e. The van der Waals surface area contributed by atoms with Gasteiger partial charge in [-0.1, -0.05) is 6.92 Å². The molecule has 9 heteroatoms. The first kappa shape index (κ1) is 13.4. The van der Waals surface area contributed by atoms with Gasteiger partial charge in [0, 0.05) is 6.07 Å². The second-order valence-corrected chi connectivity index (χ2v) is 5.74. The number of nitrogens with one attached hydrogen (secondary N) is 1. The zero-order chi connectivity index (χ0) is 14.0. The van der Waals surface area contributed by atoms with Crippen molar-refractivity contribution >= 4 is 21.4 Å². The number of benzene rings is 1. The zero-order valence-electron chi connectivity index (χ0n) is 10.1. The van der Waals surface area contributed by atoms with Crippen LogP contribution in [-0.4, -0.2) is 25.9 Å². The number of ether oxygens (including phenoxy) is 2. The molecule has 0 saturated heterocycles. The van der Waals surface area contributed by atoms with Crippen LogP contribution in [0.3, 0.4) is 0 Å². The van der Waals surface area contributed by atoms with E-state index in [0.717, 1.165) is 6.07 Å². The van der Waals surface area contributed by atoms with Crippen LogP contribution in [-0.2, 0) is 10.0 Å². The maximum atomic E-state index is 11.7. The number of nitrogens with zero attached hydrogens (tertiary/aromatic N) is 1. The molecule has 0 amide bonds. The van der Waals surface area contributed by atoms with Crippen LogP contribution in [0.2, 0.25) is 0 Å². The average Bonchev–Trinajstić information content (AvgIpc) is 2.73. The van der Waals surface area contributed by atoms with Crippen molar-refractivity contribution in [2.24, 2.45) is 0 Å². The molecule has 0 saturated carbocycles. The van der Waals surface area contributed by atoms with Gasteiger partial charge in [-0.3, -0.25) is 14.8 Å². The van der Waals surface area contributed by atoms with Crippen molar-refractivity contribution in [3.63, 3.8) is 0 Å². The molecule has 0 aliphatic carbocycles. The lowest BCUT2D eigenvalue weighted by Gasteiger charge is -2.08. The van der Waals surface area contributed by atoms with E-state index in [0.29, 0.717) is 6.42 Å². The molecular formula is C10H12N2O6S. The van der Waals surface area contributed by atoms with E-state index >= 15 is 0 Å². The van der Waals surface area contributed by atoms with Crippen molar-refractivity contribution in [2.75, 3.05) is 17.3 Å². The predicted molar refractivity (Wildman–Crippen MR) is 66.9 cm³/mol. The monoisotopic (exact) mass is 288 g/mol. The van der Waals surface area contributed by atoms with E-state index < -0.39 is 14.9 Å². The number of hydrogen-bond donors (Lipinski definition) is 1. The molecule has 1 aromatic rings. The third-order valence-corrected chi connectivity index (χ3v) is 3.90. The standard InChI is InChI=1S/C10H12N2O6S/c1-2-3-19(15,16)11-7-4-9-10(18-6-17-9)5-8(7)12(13)14/h4-5,11H,2-3,6H2,1H3. The Kier molecular flexibility index (Phi) is 3.47. The molecule has 2 rings (SSSR count). The van der Waals surface area contributed by atoms with Crippen molar-refractivity contribution in [1.29, 1.82) is 0 Å². The van der Waals surface area contributed by atoms with Crippen LogP contribution >= 0.6 is 0 Å². The molecule has 0 aromatic heterocycles. The Hall–Kier alpha value is -2.03. The van der Waals surface area contributed by atoms with Gasteiger partial charge >= 0.3 is 0 Å². The lowest BCUT2D eigenvalue weighted by atomic mass is 10.2. The molecule has 0 bridgehead atoms. The summed E-state index contributed by atoms with van der Waals surface area (Å²) in [4.78, 5) is 10.3. The highest BCUT2D eigenvalue weighted by molar-refractivity contribution is 7.92. The highest BCUT2D eigenvalue weighted by Crippen LogP contribution is 2.40. The Morgan fingerprint density at radius 1 is 1.37 bits per heavy atom. The van der Waals surface area contributed by atoms with E-state index in [9.17, 15) is 18.5 Å². The minimum atomic E-state index is -3.61. The van der Waals surface area contributed by atoms with Crippen LogP contribution in [0.5, 0.6) is 11.5 Å². The number of sulfonamides is 1. The van der Waals surface area contributed by atoms with Gasteiger partial charge in [-0.05, 0) is 6.42 Å². The van der Waals surface area contributed by atoms with E-state index in [1.807, 2.05) is 0 Å². The summed E-state index contributed by atoms with van der Waals surface area (Å²) < 4.78 is 35.6. The Labute approximate surface area is 109 Å². The Balaban J connectivity index is 2.41. The van der Waals surface area contributed by atoms with Gasteiger partial charge < -0.3 is 9.47 Å². The number of nitro benzene ring substituents is 1. The molecular weight excluding hydrogens is 276 g/mol. The number of fused-ring (bicyclic) bond motifs is 1. The van der Waals surface area contributed by atoms with Crippen LogP contribution in [0, 0.1) is 10.1 Å². The summed E-state index contributed by atoms with van der Waals surface area (Å²) in [5, 5.41) is 10.9. The lowest BCUT2D eigenvalue weighted by Crippen LogP contribution is -2.17. The molecule has 0 atom stereocenters. The predicted octanol–water partition coefficient (Wildman–Crippen LogP) is 1.48. The summed E-state index contributed by atoms with van der Waals surface area (Å²) in [6, 6.07) is 2.40. The maximum absolute atomic E-state index is 11.7. The van der Waals surface area contributed by atoms with E-state index in [-0.39, 0.29) is 35.4 Å². The van der Waals surface area contributed by atoms with Crippen LogP contribution in [0.4, 0.5) is 11.4 Å². The highest BCUT2D eigenvalue weighted by Gasteiger charge is 2.25. The van der Waals surface area contributed by atoms with Crippen molar-refractivity contribution in [3.05, 3.63) is 22.2 Å². The minimum absolute atomic E-state index is 0.0440. The van der Waals surface area contributed by atoms with E-state index in [4.69, 9.17) is 9.47 Å². The molecule has 1 aliphatic heterocycles. The largest absolute Gasteiger partial charge is 0.454 e. The van der Waals surface area contributed by atoms with Gasteiger partial charge in [0.2, 0.25) is 16.8 Å². The second kappa shape index (κ2) is 4.92. The molecule has 19 heavy (non-hydrogen) atoms. The smallest absolute Gasteiger partial charge is 0.297 e. The average molecular weight is 288 g/mol.